The Hall–Kier alpha value is -1.10. The third-order valence-corrected chi connectivity index (χ3v) is 5.26. The van der Waals surface area contributed by atoms with Crippen molar-refractivity contribution < 1.29 is 4.74 Å². The minimum atomic E-state index is 0.248. The molecule has 0 spiro atoms. The van der Waals surface area contributed by atoms with Crippen LogP contribution in [-0.4, -0.2) is 31.1 Å². The van der Waals surface area contributed by atoms with Crippen LogP contribution in [0, 0.1) is 5.92 Å². The van der Waals surface area contributed by atoms with Gasteiger partial charge in [0.05, 0.1) is 7.11 Å². The molecular weight excluding hydrogens is 250 g/mol. The number of nitrogens with zero attached hydrogens (tertiary/aromatic N) is 1. The van der Waals surface area contributed by atoms with E-state index in [1.807, 2.05) is 12.1 Å². The molecule has 0 radical (unpaired) electrons. The smallest absolute Gasteiger partial charge is 0.118 e. The third-order valence-electron chi connectivity index (χ3n) is 5.26. The van der Waals surface area contributed by atoms with Gasteiger partial charge in [-0.25, -0.2) is 0 Å². The van der Waals surface area contributed by atoms with E-state index >= 15 is 0 Å². The molecule has 110 valence electrons. The van der Waals surface area contributed by atoms with E-state index in [-0.39, 0.29) is 6.04 Å². The quantitative estimate of drug-likeness (QED) is 0.652. The molecule has 20 heavy (non-hydrogen) atoms. The predicted molar refractivity (Wildman–Crippen MR) is 80.4 cm³/mol. The SMILES string of the molecule is COc1ccc(C(NN)C2CC3CCC(C2)N3C)cc1. The van der Waals surface area contributed by atoms with Gasteiger partial charge in [-0.15, -0.1) is 0 Å². The number of rotatable bonds is 4. The molecule has 2 saturated heterocycles. The van der Waals surface area contributed by atoms with Crippen molar-refractivity contribution in [1.29, 1.82) is 0 Å². The largest absolute Gasteiger partial charge is 0.497 e. The van der Waals surface area contributed by atoms with Crippen LogP contribution in [0.25, 0.3) is 0 Å². The van der Waals surface area contributed by atoms with Gasteiger partial charge < -0.3 is 9.64 Å². The molecule has 2 aliphatic rings. The van der Waals surface area contributed by atoms with Gasteiger partial charge in [0.15, 0.2) is 0 Å². The zero-order chi connectivity index (χ0) is 14.1. The molecule has 2 heterocycles. The molecule has 3 unspecified atom stereocenters. The second-order valence-electron chi connectivity index (χ2n) is 6.20. The third kappa shape index (κ3) is 2.43. The molecule has 1 aromatic carbocycles. The summed E-state index contributed by atoms with van der Waals surface area (Å²) in [5.74, 6) is 7.38. The van der Waals surface area contributed by atoms with Crippen molar-refractivity contribution in [3.63, 3.8) is 0 Å². The molecule has 0 saturated carbocycles. The summed E-state index contributed by atoms with van der Waals surface area (Å²) in [4.78, 5) is 2.57. The van der Waals surface area contributed by atoms with Crippen LogP contribution < -0.4 is 16.0 Å². The van der Waals surface area contributed by atoms with Crippen LogP contribution >= 0.6 is 0 Å². The van der Waals surface area contributed by atoms with E-state index in [1.165, 1.54) is 31.2 Å². The zero-order valence-corrected chi connectivity index (χ0v) is 12.4. The van der Waals surface area contributed by atoms with Gasteiger partial charge in [-0.1, -0.05) is 12.1 Å². The average Bonchev–Trinajstić information content (AvgIpc) is 2.70. The van der Waals surface area contributed by atoms with Crippen molar-refractivity contribution >= 4 is 0 Å². The molecular formula is C16H25N3O. The van der Waals surface area contributed by atoms with Gasteiger partial charge >= 0.3 is 0 Å². The van der Waals surface area contributed by atoms with Crippen LogP contribution in [0.15, 0.2) is 24.3 Å². The van der Waals surface area contributed by atoms with E-state index in [0.717, 1.165) is 17.8 Å². The Morgan fingerprint density at radius 2 is 1.80 bits per heavy atom. The molecule has 2 bridgehead atoms. The van der Waals surface area contributed by atoms with E-state index < -0.39 is 0 Å². The lowest BCUT2D eigenvalue weighted by Crippen LogP contribution is -2.45. The number of hydrazine groups is 1. The maximum absolute atomic E-state index is 5.86. The van der Waals surface area contributed by atoms with Crippen LogP contribution in [0.3, 0.4) is 0 Å². The topological polar surface area (TPSA) is 50.5 Å². The second-order valence-corrected chi connectivity index (χ2v) is 6.20. The number of benzene rings is 1. The Morgan fingerprint density at radius 1 is 1.20 bits per heavy atom. The van der Waals surface area contributed by atoms with Crippen molar-refractivity contribution in [2.45, 2.75) is 43.8 Å². The van der Waals surface area contributed by atoms with Gasteiger partial charge in [0.2, 0.25) is 0 Å². The van der Waals surface area contributed by atoms with Gasteiger partial charge in [0, 0.05) is 18.1 Å². The highest BCUT2D eigenvalue weighted by molar-refractivity contribution is 5.29. The maximum Gasteiger partial charge on any atom is 0.118 e. The summed E-state index contributed by atoms with van der Waals surface area (Å²) in [6.07, 6.45) is 5.18. The second kappa shape index (κ2) is 5.72. The predicted octanol–water partition coefficient (Wildman–Crippen LogP) is 2.07. The normalized spacial score (nSPS) is 31.2. The van der Waals surface area contributed by atoms with Crippen molar-refractivity contribution in [2.24, 2.45) is 11.8 Å². The number of piperidine rings is 1. The average molecular weight is 275 g/mol. The van der Waals surface area contributed by atoms with Crippen LogP contribution in [0.1, 0.15) is 37.3 Å². The van der Waals surface area contributed by atoms with Crippen LogP contribution in [0.5, 0.6) is 5.75 Å². The molecule has 0 amide bonds. The number of hydrogen-bond acceptors (Lipinski definition) is 4. The molecule has 2 aliphatic heterocycles. The lowest BCUT2D eigenvalue weighted by Gasteiger charge is -2.39. The summed E-state index contributed by atoms with van der Waals surface area (Å²) in [6, 6.07) is 10.0. The van der Waals surface area contributed by atoms with Gasteiger partial charge in [0.25, 0.3) is 0 Å². The molecule has 2 fully saturated rings. The first-order valence-electron chi connectivity index (χ1n) is 7.55. The van der Waals surface area contributed by atoms with Gasteiger partial charge in [-0.3, -0.25) is 11.3 Å². The fourth-order valence-corrected chi connectivity index (χ4v) is 4.04. The number of methoxy groups -OCH3 is 1. The summed E-state index contributed by atoms with van der Waals surface area (Å²) >= 11 is 0. The van der Waals surface area contributed by atoms with Gasteiger partial charge in [-0.2, -0.15) is 0 Å². The lowest BCUT2D eigenvalue weighted by molar-refractivity contribution is 0.112. The summed E-state index contributed by atoms with van der Waals surface area (Å²) in [5, 5.41) is 0. The maximum atomic E-state index is 5.86. The number of ether oxygens (including phenoxy) is 1. The summed E-state index contributed by atoms with van der Waals surface area (Å²) in [5.41, 5.74) is 4.32. The molecule has 1 aromatic rings. The Morgan fingerprint density at radius 3 is 2.30 bits per heavy atom. The van der Waals surface area contributed by atoms with Crippen molar-refractivity contribution in [2.75, 3.05) is 14.2 Å². The fraction of sp³-hybridized carbons (Fsp3) is 0.625. The van der Waals surface area contributed by atoms with E-state index in [2.05, 4.69) is 29.5 Å². The highest BCUT2D eigenvalue weighted by Gasteiger charge is 2.41. The zero-order valence-electron chi connectivity index (χ0n) is 12.4. The summed E-state index contributed by atoms with van der Waals surface area (Å²) in [6.45, 7) is 0. The van der Waals surface area contributed by atoms with Crippen LogP contribution in [-0.2, 0) is 0 Å². The van der Waals surface area contributed by atoms with Crippen molar-refractivity contribution in [3.8, 4) is 5.75 Å². The van der Waals surface area contributed by atoms with Crippen LogP contribution in [0.2, 0.25) is 0 Å². The first-order valence-corrected chi connectivity index (χ1v) is 7.55. The van der Waals surface area contributed by atoms with E-state index in [9.17, 15) is 0 Å². The summed E-state index contributed by atoms with van der Waals surface area (Å²) < 4.78 is 5.23. The number of nitrogens with one attached hydrogen (secondary N) is 1. The van der Waals surface area contributed by atoms with E-state index in [1.54, 1.807) is 7.11 Å². The molecule has 3 N–H and O–H groups in total. The fourth-order valence-electron chi connectivity index (χ4n) is 4.04. The molecule has 0 aromatic heterocycles. The number of fused-ring (bicyclic) bond motifs is 2. The Bertz CT molecular complexity index is 434. The molecule has 0 aliphatic carbocycles. The standard InChI is InChI=1S/C16H25N3O/c1-19-13-5-6-14(19)10-12(9-13)16(18-17)11-3-7-15(20-2)8-4-11/h3-4,7-8,12-14,16,18H,5-6,9-10,17H2,1-2H3. The first kappa shape index (κ1) is 13.9. The minimum absolute atomic E-state index is 0.248. The molecule has 3 rings (SSSR count). The summed E-state index contributed by atoms with van der Waals surface area (Å²) in [7, 11) is 3.97. The molecule has 3 atom stereocenters. The minimum Gasteiger partial charge on any atom is -0.497 e. The van der Waals surface area contributed by atoms with Crippen molar-refractivity contribution in [3.05, 3.63) is 29.8 Å². The number of nitrogens with two attached hydrogens (primary N) is 1. The Labute approximate surface area is 121 Å². The number of hydrogen-bond donors (Lipinski definition) is 2. The van der Waals surface area contributed by atoms with Crippen LogP contribution in [0.4, 0.5) is 0 Å². The highest BCUT2D eigenvalue weighted by Crippen LogP contribution is 2.42. The van der Waals surface area contributed by atoms with Crippen molar-refractivity contribution in [1.82, 2.24) is 10.3 Å². The molecule has 4 nitrogen and oxygen atoms in total. The monoisotopic (exact) mass is 275 g/mol. The Balaban J connectivity index is 1.76. The van der Waals surface area contributed by atoms with Gasteiger partial charge in [-0.05, 0) is 56.3 Å². The van der Waals surface area contributed by atoms with E-state index in [4.69, 9.17) is 10.6 Å². The van der Waals surface area contributed by atoms with E-state index in [0.29, 0.717) is 5.92 Å². The lowest BCUT2D eigenvalue weighted by atomic mass is 9.82. The van der Waals surface area contributed by atoms with Gasteiger partial charge in [0.1, 0.15) is 5.75 Å². The highest BCUT2D eigenvalue weighted by atomic mass is 16.5. The molecule has 4 heteroatoms. The first-order chi connectivity index (χ1) is 9.72. The Kier molecular flexibility index (Phi) is 3.96.